The Labute approximate surface area is 165 Å². The van der Waals surface area contributed by atoms with Crippen LogP contribution < -0.4 is 10.2 Å². The quantitative estimate of drug-likeness (QED) is 0.710. The summed E-state index contributed by atoms with van der Waals surface area (Å²) in [5, 5.41) is 4.40. The van der Waals surface area contributed by atoms with Crippen molar-refractivity contribution in [2.75, 3.05) is 29.6 Å². The molecule has 1 aliphatic rings. The highest BCUT2D eigenvalue weighted by Gasteiger charge is 2.16. The SMILES string of the molecule is CS(=O)(=O)c1ccc(CNc2nc(N3CCCCC3)nc3ccccc23)cc1. The number of nitrogens with zero attached hydrogens (tertiary/aromatic N) is 3. The number of rotatable bonds is 5. The first-order valence-electron chi connectivity index (χ1n) is 9.55. The minimum absolute atomic E-state index is 0.330. The molecule has 2 aromatic carbocycles. The summed E-state index contributed by atoms with van der Waals surface area (Å²) in [6.45, 7) is 2.54. The largest absolute Gasteiger partial charge is 0.365 e. The minimum Gasteiger partial charge on any atom is -0.365 e. The van der Waals surface area contributed by atoms with Crippen LogP contribution in [0.5, 0.6) is 0 Å². The summed E-state index contributed by atoms with van der Waals surface area (Å²) in [6, 6.07) is 15.0. The zero-order valence-corrected chi connectivity index (χ0v) is 16.7. The van der Waals surface area contributed by atoms with Gasteiger partial charge in [-0.15, -0.1) is 0 Å². The second-order valence-electron chi connectivity index (χ2n) is 7.21. The number of piperidine rings is 1. The van der Waals surface area contributed by atoms with Gasteiger partial charge in [0.1, 0.15) is 5.82 Å². The molecule has 7 heteroatoms. The number of nitrogens with one attached hydrogen (secondary N) is 1. The number of sulfone groups is 1. The van der Waals surface area contributed by atoms with Crippen LogP contribution in [-0.4, -0.2) is 37.7 Å². The fourth-order valence-corrected chi connectivity index (χ4v) is 4.11. The highest BCUT2D eigenvalue weighted by Crippen LogP contribution is 2.25. The Morgan fingerprint density at radius 1 is 0.964 bits per heavy atom. The molecule has 1 fully saturated rings. The molecule has 1 N–H and O–H groups in total. The van der Waals surface area contributed by atoms with Crippen LogP contribution in [-0.2, 0) is 16.4 Å². The van der Waals surface area contributed by atoms with Gasteiger partial charge in [0, 0.05) is 31.3 Å². The number of benzene rings is 2. The van der Waals surface area contributed by atoms with E-state index in [2.05, 4.69) is 10.2 Å². The van der Waals surface area contributed by atoms with E-state index in [0.717, 1.165) is 41.3 Å². The third kappa shape index (κ3) is 4.09. The van der Waals surface area contributed by atoms with Gasteiger partial charge in [-0.25, -0.2) is 13.4 Å². The lowest BCUT2D eigenvalue weighted by Gasteiger charge is -2.27. The van der Waals surface area contributed by atoms with Crippen LogP contribution in [0.2, 0.25) is 0 Å². The monoisotopic (exact) mass is 396 g/mol. The Hall–Kier alpha value is -2.67. The van der Waals surface area contributed by atoms with Crippen molar-refractivity contribution < 1.29 is 8.42 Å². The van der Waals surface area contributed by atoms with E-state index in [0.29, 0.717) is 11.4 Å². The molecule has 28 heavy (non-hydrogen) atoms. The number of hydrogen-bond donors (Lipinski definition) is 1. The van der Waals surface area contributed by atoms with Crippen molar-refractivity contribution in [1.82, 2.24) is 9.97 Å². The molecule has 4 rings (SSSR count). The Kier molecular flexibility index (Phi) is 5.17. The van der Waals surface area contributed by atoms with Crippen LogP contribution in [0.15, 0.2) is 53.4 Å². The predicted molar refractivity (Wildman–Crippen MR) is 112 cm³/mol. The predicted octanol–water partition coefficient (Wildman–Crippen LogP) is 3.64. The molecule has 1 aliphatic heterocycles. The maximum Gasteiger partial charge on any atom is 0.227 e. The van der Waals surface area contributed by atoms with Crippen molar-refractivity contribution in [1.29, 1.82) is 0 Å². The highest BCUT2D eigenvalue weighted by molar-refractivity contribution is 7.90. The summed E-state index contributed by atoms with van der Waals surface area (Å²) in [5.74, 6) is 1.58. The van der Waals surface area contributed by atoms with Gasteiger partial charge in [0.15, 0.2) is 9.84 Å². The molecule has 1 aromatic heterocycles. The molecule has 0 bridgehead atoms. The molecule has 0 atom stereocenters. The second-order valence-corrected chi connectivity index (χ2v) is 9.22. The van der Waals surface area contributed by atoms with Gasteiger partial charge in [-0.1, -0.05) is 24.3 Å². The lowest BCUT2D eigenvalue weighted by atomic mass is 10.1. The minimum atomic E-state index is -3.18. The molecule has 0 unspecified atom stereocenters. The van der Waals surface area contributed by atoms with Crippen molar-refractivity contribution in [3.05, 3.63) is 54.1 Å². The molecule has 0 amide bonds. The van der Waals surface area contributed by atoms with Crippen LogP contribution in [0.25, 0.3) is 10.9 Å². The number of hydrogen-bond acceptors (Lipinski definition) is 6. The maximum absolute atomic E-state index is 11.6. The van der Waals surface area contributed by atoms with Crippen LogP contribution in [0.3, 0.4) is 0 Å². The van der Waals surface area contributed by atoms with Gasteiger partial charge in [-0.3, -0.25) is 0 Å². The molecule has 3 aromatic rings. The standard InChI is InChI=1S/C21H24N4O2S/c1-28(26,27)17-11-9-16(10-12-17)15-22-20-18-7-3-4-8-19(18)23-21(24-20)25-13-5-2-6-14-25/h3-4,7-12H,2,5-6,13-15H2,1H3,(H,22,23,24). The molecule has 6 nitrogen and oxygen atoms in total. The molecule has 146 valence electrons. The molecule has 2 heterocycles. The molecular formula is C21H24N4O2S. The second kappa shape index (κ2) is 7.75. The third-order valence-electron chi connectivity index (χ3n) is 5.04. The molecular weight excluding hydrogens is 372 g/mol. The summed E-state index contributed by atoms with van der Waals surface area (Å²) >= 11 is 0. The average molecular weight is 397 g/mol. The molecule has 1 saturated heterocycles. The number of para-hydroxylation sites is 1. The van der Waals surface area contributed by atoms with Gasteiger partial charge < -0.3 is 10.2 Å². The molecule has 0 saturated carbocycles. The van der Waals surface area contributed by atoms with E-state index in [9.17, 15) is 8.42 Å². The van der Waals surface area contributed by atoms with Crippen molar-refractivity contribution in [3.63, 3.8) is 0 Å². The summed E-state index contributed by atoms with van der Waals surface area (Å²) in [6.07, 6.45) is 4.82. The number of fused-ring (bicyclic) bond motifs is 1. The molecule has 0 aliphatic carbocycles. The van der Waals surface area contributed by atoms with E-state index in [1.807, 2.05) is 36.4 Å². The van der Waals surface area contributed by atoms with E-state index < -0.39 is 9.84 Å². The Bertz CT molecular complexity index is 1080. The van der Waals surface area contributed by atoms with E-state index in [1.165, 1.54) is 25.5 Å². The summed E-state index contributed by atoms with van der Waals surface area (Å²) < 4.78 is 23.2. The maximum atomic E-state index is 11.6. The average Bonchev–Trinajstić information content (AvgIpc) is 2.72. The van der Waals surface area contributed by atoms with Crippen LogP contribution >= 0.6 is 0 Å². The van der Waals surface area contributed by atoms with Crippen molar-refractivity contribution in [2.24, 2.45) is 0 Å². The van der Waals surface area contributed by atoms with Gasteiger partial charge in [0.2, 0.25) is 5.95 Å². The van der Waals surface area contributed by atoms with Crippen molar-refractivity contribution >= 4 is 32.5 Å². The van der Waals surface area contributed by atoms with Crippen molar-refractivity contribution in [3.8, 4) is 0 Å². The Morgan fingerprint density at radius 2 is 1.68 bits per heavy atom. The normalized spacial score (nSPS) is 15.0. The zero-order chi connectivity index (χ0) is 19.6. The zero-order valence-electron chi connectivity index (χ0n) is 15.9. The van der Waals surface area contributed by atoms with Crippen LogP contribution in [0, 0.1) is 0 Å². The van der Waals surface area contributed by atoms with Crippen LogP contribution in [0.1, 0.15) is 24.8 Å². The fraction of sp³-hybridized carbons (Fsp3) is 0.333. The van der Waals surface area contributed by atoms with Crippen molar-refractivity contribution in [2.45, 2.75) is 30.7 Å². The Morgan fingerprint density at radius 3 is 2.39 bits per heavy atom. The smallest absolute Gasteiger partial charge is 0.227 e. The summed E-state index contributed by atoms with van der Waals surface area (Å²) in [7, 11) is -3.18. The van der Waals surface area contributed by atoms with E-state index in [-0.39, 0.29) is 0 Å². The van der Waals surface area contributed by atoms with Crippen LogP contribution in [0.4, 0.5) is 11.8 Å². The molecule has 0 radical (unpaired) electrons. The number of anilines is 2. The van der Waals surface area contributed by atoms with Gasteiger partial charge in [0.05, 0.1) is 10.4 Å². The van der Waals surface area contributed by atoms with Gasteiger partial charge in [0.25, 0.3) is 0 Å². The number of aromatic nitrogens is 2. The van der Waals surface area contributed by atoms with Gasteiger partial charge in [-0.2, -0.15) is 4.98 Å². The Balaban J connectivity index is 1.60. The van der Waals surface area contributed by atoms with E-state index >= 15 is 0 Å². The first-order chi connectivity index (χ1) is 13.5. The third-order valence-corrected chi connectivity index (χ3v) is 6.17. The highest BCUT2D eigenvalue weighted by atomic mass is 32.2. The summed E-state index contributed by atoms with van der Waals surface area (Å²) in [4.78, 5) is 12.1. The topological polar surface area (TPSA) is 75.2 Å². The first kappa shape index (κ1) is 18.7. The first-order valence-corrected chi connectivity index (χ1v) is 11.4. The molecule has 0 spiro atoms. The lowest BCUT2D eigenvalue weighted by molar-refractivity contribution is 0.569. The summed E-state index contributed by atoms with van der Waals surface area (Å²) in [5.41, 5.74) is 1.92. The lowest BCUT2D eigenvalue weighted by Crippen LogP contribution is -2.31. The van der Waals surface area contributed by atoms with E-state index in [4.69, 9.17) is 9.97 Å². The van der Waals surface area contributed by atoms with E-state index in [1.54, 1.807) is 12.1 Å². The fourth-order valence-electron chi connectivity index (χ4n) is 3.47. The van der Waals surface area contributed by atoms with Gasteiger partial charge >= 0.3 is 0 Å². The van der Waals surface area contributed by atoms with Gasteiger partial charge in [-0.05, 0) is 49.1 Å².